The highest BCUT2D eigenvalue weighted by Crippen LogP contribution is 2.42. The van der Waals surface area contributed by atoms with Gasteiger partial charge in [0.25, 0.3) is 0 Å². The molecular formula is C64H45N. The van der Waals surface area contributed by atoms with E-state index in [0.717, 1.165) is 77.5 Å². The number of hydrogen-bond donors (Lipinski definition) is 0. The maximum Gasteiger partial charge on any atom is 0.0645 e. The molecular weight excluding hydrogens is 783 g/mol. The summed E-state index contributed by atoms with van der Waals surface area (Å²) >= 11 is 0. The average molecular weight is 832 g/mol. The SMILES string of the molecule is [2H]c1c([2H])c(N(c2ccc(-c3ccc(-c4ccccc4)c(-c4ccccc4)c3)cc2)c2ccc(-c3c(-c4ccccc4)ccc4ccccc34)cc2)c([2H])c([2H])c1-c1cccc(-c2ccccc2)c1. The molecule has 0 unspecified atom stereocenters. The molecule has 11 rings (SSSR count). The van der Waals surface area contributed by atoms with E-state index in [2.05, 4.69) is 152 Å². The Morgan fingerprint density at radius 3 is 1.29 bits per heavy atom. The summed E-state index contributed by atoms with van der Waals surface area (Å²) in [5.74, 6) is 0. The number of benzene rings is 11. The molecule has 0 radical (unpaired) electrons. The first-order valence-electron chi connectivity index (χ1n) is 24.0. The summed E-state index contributed by atoms with van der Waals surface area (Å²) < 4.78 is 38.5. The summed E-state index contributed by atoms with van der Waals surface area (Å²) in [5, 5.41) is 2.28. The smallest absolute Gasteiger partial charge is 0.0645 e. The fraction of sp³-hybridized carbons (Fsp3) is 0. The zero-order valence-corrected chi connectivity index (χ0v) is 35.6. The first-order valence-corrected chi connectivity index (χ1v) is 22.0. The molecule has 0 saturated heterocycles. The Hall–Kier alpha value is -8.52. The maximum atomic E-state index is 9.70. The Bertz CT molecular complexity index is 3590. The molecule has 1 nitrogen and oxygen atoms in total. The molecule has 0 amide bonds. The molecule has 0 aliphatic rings. The lowest BCUT2D eigenvalue weighted by molar-refractivity contribution is 1.28. The lowest BCUT2D eigenvalue weighted by Crippen LogP contribution is -2.09. The van der Waals surface area contributed by atoms with Gasteiger partial charge in [-0.3, -0.25) is 0 Å². The van der Waals surface area contributed by atoms with Crippen molar-refractivity contribution in [3.05, 3.63) is 273 Å². The number of anilines is 3. The van der Waals surface area contributed by atoms with E-state index in [1.54, 1.807) is 0 Å². The Balaban J connectivity index is 1.05. The van der Waals surface area contributed by atoms with Crippen LogP contribution >= 0.6 is 0 Å². The molecule has 0 aliphatic heterocycles. The van der Waals surface area contributed by atoms with Crippen LogP contribution < -0.4 is 4.90 Å². The van der Waals surface area contributed by atoms with Gasteiger partial charge in [0.05, 0.1) is 5.48 Å². The van der Waals surface area contributed by atoms with Crippen molar-refractivity contribution in [1.82, 2.24) is 0 Å². The van der Waals surface area contributed by atoms with Gasteiger partial charge in [-0.05, 0) is 137 Å². The Kier molecular flexibility index (Phi) is 9.52. The lowest BCUT2D eigenvalue weighted by atomic mass is 9.89. The third kappa shape index (κ3) is 8.04. The highest BCUT2D eigenvalue weighted by atomic mass is 15.1. The fourth-order valence-electron chi connectivity index (χ4n) is 8.92. The molecule has 0 heterocycles. The minimum atomic E-state index is -0.131. The van der Waals surface area contributed by atoms with Crippen molar-refractivity contribution in [2.24, 2.45) is 0 Å². The largest absolute Gasteiger partial charge is 0.311 e. The molecule has 0 spiro atoms. The van der Waals surface area contributed by atoms with Crippen LogP contribution in [0, 0.1) is 0 Å². The standard InChI is InChI=1S/C64H45N/c1-5-16-46(17-6-1)54-25-15-26-55(44-54)47-28-36-57(37-29-47)65(59-40-32-53(33-41-59)64-61-27-14-13-24-52(61)34-43-62(64)50-20-9-3-10-21-50)58-38-30-48(31-39-58)56-35-42-60(49-18-7-2-8-19-49)63(45-56)51-22-11-4-12-23-51/h1-45H/i28D,29D,36D,37D. The molecule has 11 aromatic carbocycles. The number of hydrogen-bond acceptors (Lipinski definition) is 1. The highest BCUT2D eigenvalue weighted by molar-refractivity contribution is 6.04. The van der Waals surface area contributed by atoms with Crippen LogP contribution in [0.1, 0.15) is 5.48 Å². The summed E-state index contributed by atoms with van der Waals surface area (Å²) in [7, 11) is 0. The molecule has 0 N–H and O–H groups in total. The van der Waals surface area contributed by atoms with E-state index in [9.17, 15) is 5.48 Å². The zero-order chi connectivity index (χ0) is 46.8. The van der Waals surface area contributed by atoms with Gasteiger partial charge < -0.3 is 4.90 Å². The quantitative estimate of drug-likeness (QED) is 0.133. The summed E-state index contributed by atoms with van der Waals surface area (Å²) in [5.41, 5.74) is 15.4. The predicted octanol–water partition coefficient (Wildman–Crippen LogP) is 18.0. The van der Waals surface area contributed by atoms with Gasteiger partial charge in [0.2, 0.25) is 0 Å². The van der Waals surface area contributed by atoms with Gasteiger partial charge in [-0.25, -0.2) is 0 Å². The van der Waals surface area contributed by atoms with Gasteiger partial charge in [-0.15, -0.1) is 0 Å². The third-order valence-electron chi connectivity index (χ3n) is 12.2. The van der Waals surface area contributed by atoms with E-state index < -0.39 is 0 Å². The van der Waals surface area contributed by atoms with Gasteiger partial charge in [0.1, 0.15) is 0 Å². The zero-order valence-electron chi connectivity index (χ0n) is 39.6. The van der Waals surface area contributed by atoms with Crippen LogP contribution in [0.5, 0.6) is 0 Å². The van der Waals surface area contributed by atoms with Gasteiger partial charge in [0.15, 0.2) is 0 Å². The normalized spacial score (nSPS) is 11.9. The van der Waals surface area contributed by atoms with Crippen molar-refractivity contribution in [2.75, 3.05) is 4.90 Å². The summed E-state index contributed by atoms with van der Waals surface area (Å²) in [6.07, 6.45) is 0. The summed E-state index contributed by atoms with van der Waals surface area (Å²) in [6.45, 7) is 0. The highest BCUT2D eigenvalue weighted by Gasteiger charge is 2.17. The second-order valence-electron chi connectivity index (χ2n) is 16.2. The van der Waals surface area contributed by atoms with Gasteiger partial charge in [-0.2, -0.15) is 0 Å². The molecule has 1 heteroatoms. The molecule has 0 saturated carbocycles. The van der Waals surface area contributed by atoms with Crippen LogP contribution in [-0.4, -0.2) is 0 Å². The predicted molar refractivity (Wildman–Crippen MR) is 277 cm³/mol. The molecule has 65 heavy (non-hydrogen) atoms. The topological polar surface area (TPSA) is 3.24 Å². The third-order valence-corrected chi connectivity index (χ3v) is 12.2. The van der Waals surface area contributed by atoms with E-state index in [0.29, 0.717) is 16.9 Å². The lowest BCUT2D eigenvalue weighted by Gasteiger charge is -2.26. The summed E-state index contributed by atoms with van der Waals surface area (Å²) in [4.78, 5) is 1.87. The first-order chi connectivity index (χ1) is 33.9. The van der Waals surface area contributed by atoms with E-state index in [4.69, 9.17) is 0 Å². The van der Waals surface area contributed by atoms with Crippen LogP contribution in [0.25, 0.3) is 88.7 Å². The van der Waals surface area contributed by atoms with Crippen LogP contribution in [0.4, 0.5) is 17.1 Å². The average Bonchev–Trinajstić information content (AvgIpc) is 3.42. The number of fused-ring (bicyclic) bond motifs is 1. The van der Waals surface area contributed by atoms with Crippen molar-refractivity contribution in [2.45, 2.75) is 0 Å². The molecule has 0 fully saturated rings. The van der Waals surface area contributed by atoms with Crippen LogP contribution in [0.3, 0.4) is 0 Å². The molecule has 0 aliphatic carbocycles. The van der Waals surface area contributed by atoms with Crippen molar-refractivity contribution in [3.8, 4) is 77.9 Å². The second kappa shape index (κ2) is 17.7. The number of rotatable bonds is 10. The Morgan fingerprint density at radius 1 is 0.246 bits per heavy atom. The van der Waals surface area contributed by atoms with E-state index >= 15 is 0 Å². The molecule has 0 bridgehead atoms. The second-order valence-corrected chi connectivity index (χ2v) is 16.2. The Labute approximate surface area is 387 Å². The summed E-state index contributed by atoms with van der Waals surface area (Å²) in [6, 6.07) is 84.4. The van der Waals surface area contributed by atoms with Crippen LogP contribution in [0.15, 0.2) is 273 Å². The van der Waals surface area contributed by atoms with E-state index in [-0.39, 0.29) is 35.4 Å². The molecule has 0 atom stereocenters. The molecule has 11 aromatic rings. The monoisotopic (exact) mass is 831 g/mol. The van der Waals surface area contributed by atoms with E-state index in [1.165, 1.54) is 0 Å². The van der Waals surface area contributed by atoms with Gasteiger partial charge >= 0.3 is 0 Å². The van der Waals surface area contributed by atoms with Crippen LogP contribution in [0.2, 0.25) is 0 Å². The van der Waals surface area contributed by atoms with Crippen LogP contribution in [-0.2, 0) is 0 Å². The van der Waals surface area contributed by atoms with Crippen molar-refractivity contribution >= 4 is 27.8 Å². The van der Waals surface area contributed by atoms with Gasteiger partial charge in [0, 0.05) is 17.1 Å². The van der Waals surface area contributed by atoms with Crippen molar-refractivity contribution in [1.29, 1.82) is 0 Å². The minimum Gasteiger partial charge on any atom is -0.311 e. The minimum absolute atomic E-state index is 0.107. The van der Waals surface area contributed by atoms with E-state index in [1.807, 2.05) is 102 Å². The maximum absolute atomic E-state index is 9.70. The fourth-order valence-corrected chi connectivity index (χ4v) is 8.92. The Morgan fingerprint density at radius 2 is 0.677 bits per heavy atom. The molecule has 0 aromatic heterocycles. The first kappa shape index (κ1) is 35.0. The van der Waals surface area contributed by atoms with Gasteiger partial charge in [-0.1, -0.05) is 224 Å². The number of nitrogens with zero attached hydrogens (tertiary/aromatic N) is 1. The van der Waals surface area contributed by atoms with Crippen molar-refractivity contribution in [3.63, 3.8) is 0 Å². The van der Waals surface area contributed by atoms with Crippen molar-refractivity contribution < 1.29 is 5.48 Å². The molecule has 306 valence electrons.